The molecule has 0 aromatic carbocycles. The molecule has 0 spiro atoms. The van der Waals surface area contributed by atoms with E-state index in [-0.39, 0.29) is 5.83 Å². The Morgan fingerprint density at radius 3 is 2.57 bits per heavy atom. The molecule has 0 nitrogen and oxygen atoms in total. The average Bonchev–Trinajstić information content (AvgIpc) is 1.61. The van der Waals surface area contributed by atoms with Gasteiger partial charge in [-0.05, 0) is 19.4 Å². The van der Waals surface area contributed by atoms with E-state index >= 15 is 0 Å². The van der Waals surface area contributed by atoms with Crippen LogP contribution >= 0.6 is 0 Å². The zero-order chi connectivity index (χ0) is 5.70. The average molecular weight is 100 g/mol. The van der Waals surface area contributed by atoms with E-state index in [2.05, 4.69) is 6.58 Å². The molecule has 0 atom stereocenters. The summed E-state index contributed by atoms with van der Waals surface area (Å²) >= 11 is 0. The molecule has 0 aliphatic rings. The lowest BCUT2D eigenvalue weighted by Crippen LogP contribution is -1.58. The monoisotopic (exact) mass is 100 g/mol. The summed E-state index contributed by atoms with van der Waals surface area (Å²) in [5.74, 6) is -0.139. The van der Waals surface area contributed by atoms with Crippen LogP contribution in [0.1, 0.15) is 13.3 Å². The standard InChI is InChI=1S/C6H9F/c1-3-4-5-6(2)7/h3,5H,1,4H2,2H3/b6-5-. The summed E-state index contributed by atoms with van der Waals surface area (Å²) in [7, 11) is 0. The molecule has 0 aliphatic carbocycles. The predicted octanol–water partition coefficient (Wildman–Crippen LogP) is 2.44. The van der Waals surface area contributed by atoms with Crippen LogP contribution in [-0.4, -0.2) is 0 Å². The van der Waals surface area contributed by atoms with Crippen molar-refractivity contribution in [3.63, 3.8) is 0 Å². The lowest BCUT2D eigenvalue weighted by Gasteiger charge is -1.77. The first-order valence-electron chi connectivity index (χ1n) is 2.20. The Kier molecular flexibility index (Phi) is 3.29. The molecule has 0 heterocycles. The molecule has 0 unspecified atom stereocenters. The maximum absolute atomic E-state index is 11.7. The van der Waals surface area contributed by atoms with Gasteiger partial charge in [0.15, 0.2) is 0 Å². The molecule has 0 saturated heterocycles. The van der Waals surface area contributed by atoms with E-state index < -0.39 is 0 Å². The molecule has 0 aromatic rings. The highest BCUT2D eigenvalue weighted by molar-refractivity contribution is 4.91. The summed E-state index contributed by atoms with van der Waals surface area (Å²) in [5, 5.41) is 0. The topological polar surface area (TPSA) is 0 Å². The number of rotatable bonds is 2. The van der Waals surface area contributed by atoms with E-state index in [0.717, 1.165) is 0 Å². The first kappa shape index (κ1) is 6.41. The molecule has 0 saturated carbocycles. The van der Waals surface area contributed by atoms with Gasteiger partial charge in [-0.25, -0.2) is 4.39 Å². The SMILES string of the molecule is C=CC/C=C(/C)F. The van der Waals surface area contributed by atoms with Crippen LogP contribution in [0.2, 0.25) is 0 Å². The highest BCUT2D eigenvalue weighted by Gasteiger charge is 1.74. The third-order valence-electron chi connectivity index (χ3n) is 0.566. The Balaban J connectivity index is 3.25. The van der Waals surface area contributed by atoms with Gasteiger partial charge in [-0.2, -0.15) is 0 Å². The lowest BCUT2D eigenvalue weighted by molar-refractivity contribution is 0.636. The Morgan fingerprint density at radius 2 is 2.43 bits per heavy atom. The first-order chi connectivity index (χ1) is 3.27. The van der Waals surface area contributed by atoms with Gasteiger partial charge in [0.1, 0.15) is 0 Å². The van der Waals surface area contributed by atoms with E-state index in [1.54, 1.807) is 6.08 Å². The summed E-state index contributed by atoms with van der Waals surface area (Å²) in [5.41, 5.74) is 0. The second-order valence-electron chi connectivity index (χ2n) is 1.32. The van der Waals surface area contributed by atoms with Crippen LogP contribution in [0.4, 0.5) is 4.39 Å². The third kappa shape index (κ3) is 5.41. The van der Waals surface area contributed by atoms with Crippen LogP contribution in [-0.2, 0) is 0 Å². The number of hydrogen-bond donors (Lipinski definition) is 0. The molecule has 0 aliphatic heterocycles. The van der Waals surface area contributed by atoms with Crippen molar-refractivity contribution >= 4 is 0 Å². The van der Waals surface area contributed by atoms with Crippen molar-refractivity contribution in [3.8, 4) is 0 Å². The van der Waals surface area contributed by atoms with Crippen LogP contribution in [0.25, 0.3) is 0 Å². The van der Waals surface area contributed by atoms with Crippen molar-refractivity contribution in [3.05, 3.63) is 24.6 Å². The van der Waals surface area contributed by atoms with Gasteiger partial charge in [0, 0.05) is 0 Å². The fourth-order valence-electron chi connectivity index (χ4n) is 0.246. The lowest BCUT2D eigenvalue weighted by atomic mass is 10.4. The van der Waals surface area contributed by atoms with Crippen molar-refractivity contribution < 1.29 is 4.39 Å². The van der Waals surface area contributed by atoms with E-state index in [9.17, 15) is 4.39 Å². The van der Waals surface area contributed by atoms with Gasteiger partial charge >= 0.3 is 0 Å². The summed E-state index contributed by atoms with van der Waals surface area (Å²) in [6.07, 6.45) is 3.76. The zero-order valence-electron chi connectivity index (χ0n) is 4.45. The molecular formula is C6H9F. The van der Waals surface area contributed by atoms with Gasteiger partial charge in [-0.15, -0.1) is 6.58 Å². The molecule has 0 bridgehead atoms. The molecule has 0 radical (unpaired) electrons. The Hall–Kier alpha value is -0.590. The molecule has 0 amide bonds. The smallest absolute Gasteiger partial charge is 0.0932 e. The minimum atomic E-state index is -0.139. The molecular weight excluding hydrogens is 91.1 g/mol. The van der Waals surface area contributed by atoms with Gasteiger partial charge in [-0.3, -0.25) is 0 Å². The Morgan fingerprint density at radius 1 is 1.86 bits per heavy atom. The van der Waals surface area contributed by atoms with Crippen molar-refractivity contribution in [2.75, 3.05) is 0 Å². The normalized spacial score (nSPS) is 11.4. The third-order valence-corrected chi connectivity index (χ3v) is 0.566. The van der Waals surface area contributed by atoms with E-state index in [4.69, 9.17) is 0 Å². The fourth-order valence-corrected chi connectivity index (χ4v) is 0.246. The molecule has 40 valence electrons. The van der Waals surface area contributed by atoms with Crippen molar-refractivity contribution in [1.29, 1.82) is 0 Å². The van der Waals surface area contributed by atoms with Crippen LogP contribution in [0.15, 0.2) is 24.6 Å². The summed E-state index contributed by atoms with van der Waals surface area (Å²) < 4.78 is 11.7. The molecule has 0 fully saturated rings. The molecule has 7 heavy (non-hydrogen) atoms. The maximum atomic E-state index is 11.7. The molecule has 0 aromatic heterocycles. The Labute approximate surface area is 43.4 Å². The predicted molar refractivity (Wildman–Crippen MR) is 29.7 cm³/mol. The molecule has 0 rings (SSSR count). The van der Waals surface area contributed by atoms with E-state index in [0.29, 0.717) is 6.42 Å². The Bertz CT molecular complexity index is 78.2. The highest BCUT2D eigenvalue weighted by Crippen LogP contribution is 1.94. The van der Waals surface area contributed by atoms with Gasteiger partial charge in [-0.1, -0.05) is 6.08 Å². The van der Waals surface area contributed by atoms with Crippen LogP contribution < -0.4 is 0 Å². The second-order valence-corrected chi connectivity index (χ2v) is 1.32. The molecule has 0 N–H and O–H groups in total. The van der Waals surface area contributed by atoms with Gasteiger partial charge in [0.05, 0.1) is 5.83 Å². The largest absolute Gasteiger partial charge is 0.212 e. The van der Waals surface area contributed by atoms with Gasteiger partial charge in [0.25, 0.3) is 0 Å². The number of halogens is 1. The van der Waals surface area contributed by atoms with Gasteiger partial charge in [0.2, 0.25) is 0 Å². The van der Waals surface area contributed by atoms with Crippen LogP contribution in [0, 0.1) is 0 Å². The summed E-state index contributed by atoms with van der Waals surface area (Å²) in [6, 6.07) is 0. The van der Waals surface area contributed by atoms with Crippen molar-refractivity contribution in [2.45, 2.75) is 13.3 Å². The van der Waals surface area contributed by atoms with E-state index in [1.807, 2.05) is 0 Å². The van der Waals surface area contributed by atoms with Crippen molar-refractivity contribution in [2.24, 2.45) is 0 Å². The maximum Gasteiger partial charge on any atom is 0.0932 e. The van der Waals surface area contributed by atoms with E-state index in [1.165, 1.54) is 13.0 Å². The number of allylic oxidation sites excluding steroid dienone is 3. The highest BCUT2D eigenvalue weighted by atomic mass is 19.1. The minimum Gasteiger partial charge on any atom is -0.212 e. The van der Waals surface area contributed by atoms with Crippen LogP contribution in [0.5, 0.6) is 0 Å². The fraction of sp³-hybridized carbons (Fsp3) is 0.333. The minimum absolute atomic E-state index is 0.139. The summed E-state index contributed by atoms with van der Waals surface area (Å²) in [4.78, 5) is 0. The van der Waals surface area contributed by atoms with Gasteiger partial charge < -0.3 is 0 Å². The summed E-state index contributed by atoms with van der Waals surface area (Å²) in [6.45, 7) is 4.84. The second kappa shape index (κ2) is 3.59. The zero-order valence-corrected chi connectivity index (χ0v) is 4.45. The van der Waals surface area contributed by atoms with Crippen molar-refractivity contribution in [1.82, 2.24) is 0 Å². The first-order valence-corrected chi connectivity index (χ1v) is 2.20. The molecule has 1 heteroatoms. The number of hydrogen-bond acceptors (Lipinski definition) is 0. The quantitative estimate of drug-likeness (QED) is 0.467. The van der Waals surface area contributed by atoms with Crippen LogP contribution in [0.3, 0.4) is 0 Å².